The van der Waals surface area contributed by atoms with Crippen LogP contribution in [0.15, 0.2) is 106 Å². The second kappa shape index (κ2) is 10.3. The molecule has 0 saturated heterocycles. The first-order chi connectivity index (χ1) is 14.6. The first kappa shape index (κ1) is 21.2. The van der Waals surface area contributed by atoms with Crippen molar-refractivity contribution in [3.05, 3.63) is 118 Å². The number of hydrogen-bond donors (Lipinski definition) is 1. The molecule has 0 radical (unpaired) electrons. The van der Waals surface area contributed by atoms with E-state index in [-0.39, 0.29) is 11.5 Å². The van der Waals surface area contributed by atoms with E-state index < -0.39 is 5.97 Å². The van der Waals surface area contributed by atoms with Gasteiger partial charge in [-0.1, -0.05) is 94.8 Å². The van der Waals surface area contributed by atoms with E-state index in [1.807, 2.05) is 60.7 Å². The molecule has 0 fully saturated rings. The Morgan fingerprint density at radius 3 is 2.03 bits per heavy atom. The Kier molecular flexibility index (Phi) is 7.29. The third-order valence-corrected chi connectivity index (χ3v) is 4.89. The molecule has 30 heavy (non-hydrogen) atoms. The zero-order chi connectivity index (χ0) is 21.3. The van der Waals surface area contributed by atoms with Crippen LogP contribution in [-0.2, 0) is 9.53 Å². The normalized spacial score (nSPS) is 11.7. The second-order valence-corrected chi connectivity index (χ2v) is 7.05. The first-order valence-electron chi connectivity index (χ1n) is 9.13. The molecule has 3 aromatic carbocycles. The molecule has 0 bridgehead atoms. The minimum absolute atomic E-state index is 0.0631. The molecular formula is C24H19BrN2O3. The van der Waals surface area contributed by atoms with Crippen LogP contribution in [0.25, 0.3) is 0 Å². The summed E-state index contributed by atoms with van der Waals surface area (Å²) in [5.74, 6) is -1.02. The third kappa shape index (κ3) is 5.30. The zero-order valence-electron chi connectivity index (χ0n) is 16.2. The Morgan fingerprint density at radius 2 is 1.43 bits per heavy atom. The molecule has 0 aliphatic rings. The first-order valence-corrected chi connectivity index (χ1v) is 9.93. The summed E-state index contributed by atoms with van der Waals surface area (Å²) in [7, 11) is 1.25. The second-order valence-electron chi connectivity index (χ2n) is 6.20. The lowest BCUT2D eigenvalue weighted by Crippen LogP contribution is -2.21. The van der Waals surface area contributed by atoms with E-state index in [1.54, 1.807) is 24.3 Å². The molecule has 0 unspecified atom stereocenters. The number of rotatable bonds is 7. The summed E-state index contributed by atoms with van der Waals surface area (Å²) in [6, 6.07) is 25.8. The Balaban J connectivity index is 2.00. The Hall–Kier alpha value is -3.51. The number of hydrazone groups is 1. The number of benzene rings is 3. The van der Waals surface area contributed by atoms with E-state index in [0.717, 1.165) is 15.6 Å². The fraction of sp³-hybridized carbons (Fsp3) is 0.0417. The summed E-state index contributed by atoms with van der Waals surface area (Å²) in [4.78, 5) is 24.8. The molecular weight excluding hydrogens is 444 g/mol. The van der Waals surface area contributed by atoms with Crippen LogP contribution in [0.2, 0.25) is 0 Å². The summed E-state index contributed by atoms with van der Waals surface area (Å²) in [5.41, 5.74) is 5.40. The number of nitrogens with one attached hydrogen (secondary N) is 1. The van der Waals surface area contributed by atoms with E-state index in [0.29, 0.717) is 11.3 Å². The number of allylic oxidation sites excluding steroid dienone is 1. The lowest BCUT2D eigenvalue weighted by Gasteiger charge is -2.11. The van der Waals surface area contributed by atoms with Crippen LogP contribution in [0.5, 0.6) is 0 Å². The van der Waals surface area contributed by atoms with Crippen molar-refractivity contribution in [1.29, 1.82) is 0 Å². The monoisotopic (exact) mass is 462 g/mol. The minimum Gasteiger partial charge on any atom is -0.464 e. The van der Waals surface area contributed by atoms with Crippen LogP contribution >= 0.6 is 15.9 Å². The Labute approximate surface area is 183 Å². The van der Waals surface area contributed by atoms with E-state index in [1.165, 1.54) is 13.2 Å². The molecule has 3 rings (SSSR count). The van der Waals surface area contributed by atoms with Crippen molar-refractivity contribution in [3.63, 3.8) is 0 Å². The molecule has 150 valence electrons. The number of methoxy groups -OCH3 is 1. The molecule has 3 aromatic rings. The summed E-state index contributed by atoms with van der Waals surface area (Å²) >= 11 is 3.55. The van der Waals surface area contributed by atoms with Gasteiger partial charge in [0.1, 0.15) is 5.70 Å². The fourth-order valence-electron chi connectivity index (χ4n) is 2.71. The van der Waals surface area contributed by atoms with Crippen LogP contribution in [0.3, 0.4) is 0 Å². The molecule has 0 saturated carbocycles. The van der Waals surface area contributed by atoms with Crippen molar-refractivity contribution >= 4 is 33.4 Å². The van der Waals surface area contributed by atoms with Gasteiger partial charge in [0.25, 0.3) is 0 Å². The highest BCUT2D eigenvalue weighted by Gasteiger charge is 2.15. The maximum atomic E-state index is 12.5. The number of halogens is 1. The van der Waals surface area contributed by atoms with E-state index in [9.17, 15) is 9.59 Å². The number of ether oxygens (including phenoxy) is 1. The number of ketones is 1. The van der Waals surface area contributed by atoms with Gasteiger partial charge in [0.2, 0.25) is 0 Å². The van der Waals surface area contributed by atoms with E-state index >= 15 is 0 Å². The van der Waals surface area contributed by atoms with Gasteiger partial charge in [-0.25, -0.2) is 4.79 Å². The summed E-state index contributed by atoms with van der Waals surface area (Å²) < 4.78 is 5.66. The molecule has 0 atom stereocenters. The van der Waals surface area contributed by atoms with Crippen molar-refractivity contribution < 1.29 is 14.3 Å². The molecule has 0 heterocycles. The Bertz CT molecular complexity index is 1090. The van der Waals surface area contributed by atoms with Gasteiger partial charge in [-0.15, -0.1) is 0 Å². The molecule has 1 N–H and O–H groups in total. The molecule has 5 nitrogen and oxygen atoms in total. The molecule has 0 aliphatic heterocycles. The summed E-state index contributed by atoms with van der Waals surface area (Å²) in [5, 5.41) is 4.46. The summed E-state index contributed by atoms with van der Waals surface area (Å²) in [6.07, 6.45) is 1.19. The zero-order valence-corrected chi connectivity index (χ0v) is 17.8. The van der Waals surface area contributed by atoms with Crippen molar-refractivity contribution in [1.82, 2.24) is 5.43 Å². The summed E-state index contributed by atoms with van der Waals surface area (Å²) in [6.45, 7) is 0. The van der Waals surface area contributed by atoms with Gasteiger partial charge in [0.15, 0.2) is 5.78 Å². The molecule has 0 aromatic heterocycles. The highest BCUT2D eigenvalue weighted by atomic mass is 79.9. The van der Waals surface area contributed by atoms with Crippen LogP contribution in [0.4, 0.5) is 0 Å². The number of hydrogen-bond acceptors (Lipinski definition) is 5. The van der Waals surface area contributed by atoms with Gasteiger partial charge in [-0.2, -0.15) is 5.10 Å². The van der Waals surface area contributed by atoms with Gasteiger partial charge in [0.05, 0.1) is 12.8 Å². The highest BCUT2D eigenvalue weighted by Crippen LogP contribution is 2.20. The maximum Gasteiger partial charge on any atom is 0.356 e. The molecule has 0 aliphatic carbocycles. The van der Waals surface area contributed by atoms with Crippen LogP contribution in [-0.4, -0.2) is 24.6 Å². The quantitative estimate of drug-likeness (QED) is 0.181. The maximum absolute atomic E-state index is 12.5. The largest absolute Gasteiger partial charge is 0.464 e. The lowest BCUT2D eigenvalue weighted by atomic mass is 10.0. The van der Waals surface area contributed by atoms with E-state index in [4.69, 9.17) is 4.74 Å². The van der Waals surface area contributed by atoms with Gasteiger partial charge in [0, 0.05) is 27.2 Å². The van der Waals surface area contributed by atoms with Gasteiger partial charge in [-0.05, 0) is 6.07 Å². The van der Waals surface area contributed by atoms with Crippen LogP contribution in [0.1, 0.15) is 21.5 Å². The standard InChI is InChI=1S/C24H19BrN2O3/c1-30-24(29)21(16-22(28)17-10-4-2-5-11-17)26-27-23(18-12-6-3-7-13-18)19-14-8-9-15-20(19)25/h2-16,26H,1H3/b21-16+,27-23+. The average Bonchev–Trinajstić information content (AvgIpc) is 2.80. The van der Waals surface area contributed by atoms with Crippen molar-refractivity contribution in [2.45, 2.75) is 0 Å². The predicted octanol–water partition coefficient (Wildman–Crippen LogP) is 4.73. The van der Waals surface area contributed by atoms with E-state index in [2.05, 4.69) is 26.5 Å². The number of carbonyl (C=O) groups excluding carboxylic acids is 2. The van der Waals surface area contributed by atoms with Crippen LogP contribution in [0, 0.1) is 0 Å². The molecule has 6 heteroatoms. The van der Waals surface area contributed by atoms with Crippen LogP contribution < -0.4 is 5.43 Å². The smallest absolute Gasteiger partial charge is 0.356 e. The van der Waals surface area contributed by atoms with Gasteiger partial charge in [-0.3, -0.25) is 10.2 Å². The van der Waals surface area contributed by atoms with Gasteiger partial charge >= 0.3 is 5.97 Å². The van der Waals surface area contributed by atoms with Crippen molar-refractivity contribution in [2.75, 3.05) is 7.11 Å². The average molecular weight is 463 g/mol. The fourth-order valence-corrected chi connectivity index (χ4v) is 3.18. The number of carbonyl (C=O) groups is 2. The topological polar surface area (TPSA) is 67.8 Å². The molecule has 0 amide bonds. The lowest BCUT2D eigenvalue weighted by molar-refractivity contribution is -0.136. The van der Waals surface area contributed by atoms with Crippen molar-refractivity contribution in [2.24, 2.45) is 5.10 Å². The van der Waals surface area contributed by atoms with Gasteiger partial charge < -0.3 is 4.74 Å². The number of nitrogens with zero attached hydrogens (tertiary/aromatic N) is 1. The number of esters is 1. The predicted molar refractivity (Wildman–Crippen MR) is 120 cm³/mol. The SMILES string of the molecule is COC(=O)/C(=C\C(=O)c1ccccc1)N/N=C(\c1ccccc1)c1ccccc1Br. The minimum atomic E-state index is -0.692. The third-order valence-electron chi connectivity index (χ3n) is 4.20. The highest BCUT2D eigenvalue weighted by molar-refractivity contribution is 9.10. The van der Waals surface area contributed by atoms with Crippen molar-refractivity contribution in [3.8, 4) is 0 Å². The Morgan fingerprint density at radius 1 is 0.867 bits per heavy atom. The molecule has 0 spiro atoms.